The van der Waals surface area contributed by atoms with Crippen LogP contribution in [0.1, 0.15) is 90.9 Å². The lowest BCUT2D eigenvalue weighted by atomic mass is 9.63. The van der Waals surface area contributed by atoms with Gasteiger partial charge in [-0.3, -0.25) is 9.59 Å². The minimum absolute atomic E-state index is 0.0659. The summed E-state index contributed by atoms with van der Waals surface area (Å²) >= 11 is 0. The van der Waals surface area contributed by atoms with Gasteiger partial charge in [0.05, 0.1) is 48.7 Å². The maximum Gasteiger partial charge on any atom is 0.201 e. The van der Waals surface area contributed by atoms with E-state index >= 15 is 0 Å². The number of ether oxygens (including phenoxy) is 2. The van der Waals surface area contributed by atoms with Gasteiger partial charge in [0, 0.05) is 24.0 Å². The molecule has 0 radical (unpaired) electrons. The van der Waals surface area contributed by atoms with Gasteiger partial charge in [-0.05, 0) is 84.3 Å². The average Bonchev–Trinajstić information content (AvgIpc) is 2.96. The van der Waals surface area contributed by atoms with Crippen LogP contribution in [0.25, 0.3) is 0 Å². The molecule has 238 valence electrons. The van der Waals surface area contributed by atoms with Crippen molar-refractivity contribution in [3.05, 3.63) is 104 Å². The summed E-state index contributed by atoms with van der Waals surface area (Å²) in [7, 11) is 2.82. The average molecular weight is 627 g/mol. The lowest BCUT2D eigenvalue weighted by Crippen LogP contribution is -2.30. The van der Waals surface area contributed by atoms with E-state index in [9.17, 15) is 40.2 Å². The molecular formula is C36H34O10. The molecule has 4 atom stereocenters. The van der Waals surface area contributed by atoms with E-state index in [1.807, 2.05) is 0 Å². The number of phenols is 4. The van der Waals surface area contributed by atoms with Crippen LogP contribution in [0, 0.1) is 0 Å². The molecule has 6 rings (SSSR count). The minimum Gasteiger partial charge on any atom is -0.507 e. The largest absolute Gasteiger partial charge is 0.507 e. The smallest absolute Gasteiger partial charge is 0.201 e. The topological polar surface area (TPSA) is 174 Å². The van der Waals surface area contributed by atoms with Crippen molar-refractivity contribution in [2.45, 2.75) is 50.7 Å². The summed E-state index contributed by atoms with van der Waals surface area (Å²) in [5.74, 6) is -4.07. The van der Waals surface area contributed by atoms with E-state index in [4.69, 9.17) is 9.47 Å². The van der Waals surface area contributed by atoms with Crippen LogP contribution in [0.15, 0.2) is 48.5 Å². The Labute approximate surface area is 264 Å². The molecule has 0 aromatic heterocycles. The number of rotatable bonds is 7. The van der Waals surface area contributed by atoms with E-state index in [2.05, 4.69) is 0 Å². The van der Waals surface area contributed by atoms with Crippen molar-refractivity contribution in [3.8, 4) is 34.5 Å². The van der Waals surface area contributed by atoms with Crippen LogP contribution in [0.4, 0.5) is 0 Å². The Bertz CT molecular complexity index is 1780. The zero-order valence-corrected chi connectivity index (χ0v) is 25.7. The number of carbonyl (C=O) groups excluding carboxylic acids is 2. The van der Waals surface area contributed by atoms with Crippen molar-refractivity contribution < 1.29 is 49.7 Å². The number of aliphatic hydroxyl groups excluding tert-OH is 2. The molecule has 2 aliphatic carbocycles. The van der Waals surface area contributed by atoms with Gasteiger partial charge in [0.1, 0.15) is 34.5 Å². The number of methoxy groups -OCH3 is 2. The Morgan fingerprint density at radius 3 is 1.15 bits per heavy atom. The third-order valence-corrected chi connectivity index (χ3v) is 8.77. The van der Waals surface area contributed by atoms with E-state index in [1.54, 1.807) is 38.1 Å². The SMILES string of the molecule is COc1cc(O)c2c(c1)[C@@H]([C@H]1c3cc(C[C@H](C)O)cc(O)c3C(=O)c3c(O)cc(OC)cc31)c1cc(C[C@H](C)O)cc(O)c1C2=O. The van der Waals surface area contributed by atoms with E-state index in [1.165, 1.54) is 38.5 Å². The number of ketones is 2. The minimum atomic E-state index is -0.915. The molecule has 2 aliphatic rings. The third kappa shape index (κ3) is 4.90. The molecule has 10 nitrogen and oxygen atoms in total. The molecule has 10 heteroatoms. The molecule has 6 N–H and O–H groups in total. The van der Waals surface area contributed by atoms with Gasteiger partial charge in [-0.25, -0.2) is 0 Å². The van der Waals surface area contributed by atoms with Crippen LogP contribution >= 0.6 is 0 Å². The number of aromatic hydroxyl groups is 4. The van der Waals surface area contributed by atoms with Gasteiger partial charge in [0.25, 0.3) is 0 Å². The fourth-order valence-electron chi connectivity index (χ4n) is 7.09. The highest BCUT2D eigenvalue weighted by Gasteiger charge is 2.46. The van der Waals surface area contributed by atoms with Crippen LogP contribution in [0.3, 0.4) is 0 Å². The number of phenolic OH excluding ortho intramolecular Hbond substituents is 4. The van der Waals surface area contributed by atoms with Gasteiger partial charge in [-0.1, -0.05) is 12.1 Å². The highest BCUT2D eigenvalue weighted by atomic mass is 16.5. The Morgan fingerprint density at radius 2 is 0.848 bits per heavy atom. The van der Waals surface area contributed by atoms with Crippen LogP contribution in [0.2, 0.25) is 0 Å². The second-order valence-corrected chi connectivity index (χ2v) is 12.1. The quantitative estimate of drug-likeness (QED) is 0.172. The number of fused-ring (bicyclic) bond motifs is 4. The van der Waals surface area contributed by atoms with Crippen molar-refractivity contribution in [2.24, 2.45) is 0 Å². The van der Waals surface area contributed by atoms with E-state index in [0.717, 1.165) is 0 Å². The fraction of sp³-hybridized carbons (Fsp3) is 0.278. The summed E-state index contributed by atoms with van der Waals surface area (Å²) in [6.07, 6.45) is -1.24. The first-order chi connectivity index (χ1) is 21.8. The van der Waals surface area contributed by atoms with E-state index < -0.39 is 35.6 Å². The Hall–Kier alpha value is -5.06. The number of carbonyl (C=O) groups is 2. The van der Waals surface area contributed by atoms with E-state index in [0.29, 0.717) is 33.4 Å². The van der Waals surface area contributed by atoms with Gasteiger partial charge in [-0.15, -0.1) is 0 Å². The number of hydrogen-bond donors (Lipinski definition) is 6. The summed E-state index contributed by atoms with van der Waals surface area (Å²) < 4.78 is 11.0. The van der Waals surface area contributed by atoms with Crippen molar-refractivity contribution in [2.75, 3.05) is 14.2 Å². The monoisotopic (exact) mass is 626 g/mol. The van der Waals surface area contributed by atoms with Crippen molar-refractivity contribution in [1.29, 1.82) is 0 Å². The fourth-order valence-corrected chi connectivity index (χ4v) is 7.09. The molecule has 46 heavy (non-hydrogen) atoms. The first kappa shape index (κ1) is 30.9. The molecule has 0 aliphatic heterocycles. The predicted molar refractivity (Wildman–Crippen MR) is 167 cm³/mol. The molecule has 0 fully saturated rings. The number of aliphatic hydroxyl groups is 2. The summed E-state index contributed by atoms with van der Waals surface area (Å²) in [6, 6.07) is 12.0. The van der Waals surface area contributed by atoms with Crippen molar-refractivity contribution in [1.82, 2.24) is 0 Å². The van der Waals surface area contributed by atoms with Gasteiger partial charge in [-0.2, -0.15) is 0 Å². The molecule has 0 amide bonds. The summed E-state index contributed by atoms with van der Waals surface area (Å²) in [4.78, 5) is 28.1. The zero-order chi connectivity index (χ0) is 33.2. The number of hydrogen-bond acceptors (Lipinski definition) is 10. The first-order valence-corrected chi connectivity index (χ1v) is 14.8. The second kappa shape index (κ2) is 11.4. The third-order valence-electron chi connectivity index (χ3n) is 8.77. The van der Waals surface area contributed by atoms with Crippen LogP contribution in [-0.4, -0.2) is 68.6 Å². The Kier molecular flexibility index (Phi) is 7.66. The zero-order valence-electron chi connectivity index (χ0n) is 25.7. The Balaban J connectivity index is 1.78. The lowest BCUT2D eigenvalue weighted by molar-refractivity contribution is 0.101. The highest BCUT2D eigenvalue weighted by molar-refractivity contribution is 6.18. The van der Waals surface area contributed by atoms with Crippen LogP contribution in [0.5, 0.6) is 34.5 Å². The van der Waals surface area contributed by atoms with Gasteiger partial charge >= 0.3 is 0 Å². The highest BCUT2D eigenvalue weighted by Crippen LogP contribution is 2.57. The van der Waals surface area contributed by atoms with E-state index in [-0.39, 0.29) is 69.6 Å². The predicted octanol–water partition coefficient (Wildman–Crippen LogP) is 4.43. The normalized spacial score (nSPS) is 17.8. The molecule has 0 saturated carbocycles. The molecule has 0 saturated heterocycles. The maximum atomic E-state index is 14.0. The van der Waals surface area contributed by atoms with Gasteiger partial charge < -0.3 is 40.1 Å². The summed E-state index contributed by atoms with van der Waals surface area (Å²) in [5.41, 5.74) is 2.12. The van der Waals surface area contributed by atoms with Crippen molar-refractivity contribution >= 4 is 11.6 Å². The number of benzene rings is 4. The van der Waals surface area contributed by atoms with Crippen LogP contribution < -0.4 is 9.47 Å². The molecule has 0 heterocycles. The van der Waals surface area contributed by atoms with Crippen molar-refractivity contribution in [3.63, 3.8) is 0 Å². The summed E-state index contributed by atoms with van der Waals surface area (Å²) in [5, 5.41) is 65.4. The molecule has 4 aromatic rings. The molecular weight excluding hydrogens is 592 g/mol. The second-order valence-electron chi connectivity index (χ2n) is 12.1. The maximum absolute atomic E-state index is 14.0. The lowest BCUT2D eigenvalue weighted by Gasteiger charge is -2.39. The first-order valence-electron chi connectivity index (χ1n) is 14.8. The Morgan fingerprint density at radius 1 is 0.543 bits per heavy atom. The molecule has 0 bridgehead atoms. The molecule has 0 spiro atoms. The summed E-state index contributed by atoms with van der Waals surface area (Å²) in [6.45, 7) is 3.19. The molecule has 0 unspecified atom stereocenters. The molecule has 4 aromatic carbocycles. The standard InChI is InChI=1S/C36H34O10/c1-15(37)5-17-7-21-29(23-11-19(45-3)13-27(41)33(23)35(43)31(21)25(39)9-17)30-22-8-18(6-16(2)38)10-26(40)32(22)36(44)34-24(30)12-20(46-4)14-28(34)42/h7-16,29-30,37-42H,5-6H2,1-4H3/t15-,16-,29-,30-/m0/s1. The van der Waals surface area contributed by atoms with Gasteiger partial charge in [0.2, 0.25) is 11.6 Å². The van der Waals surface area contributed by atoms with Gasteiger partial charge in [0.15, 0.2) is 0 Å². The van der Waals surface area contributed by atoms with Crippen LogP contribution in [-0.2, 0) is 12.8 Å².